The van der Waals surface area contributed by atoms with Gasteiger partial charge in [-0.1, -0.05) is 0 Å². The van der Waals surface area contributed by atoms with Crippen molar-refractivity contribution in [2.45, 2.75) is 6.54 Å². The molecule has 1 unspecified atom stereocenters. The highest BCUT2D eigenvalue weighted by atomic mass is 32.2. The van der Waals surface area contributed by atoms with E-state index in [2.05, 4.69) is 4.72 Å². The van der Waals surface area contributed by atoms with Gasteiger partial charge in [-0.2, -0.15) is 0 Å². The predicted molar refractivity (Wildman–Crippen MR) is 59.6 cm³/mol. The Morgan fingerprint density at radius 1 is 1.59 bits per heavy atom. The molecule has 0 bridgehead atoms. The van der Waals surface area contributed by atoms with Crippen molar-refractivity contribution in [1.82, 2.24) is 4.72 Å². The number of nitrogens with two attached hydrogens (primary N) is 1. The summed E-state index contributed by atoms with van der Waals surface area (Å²) in [6.45, 7) is -0.190. The third-order valence-electron chi connectivity index (χ3n) is 2.28. The number of phenols is 1. The number of anilines is 1. The van der Waals surface area contributed by atoms with Crippen LogP contribution in [-0.4, -0.2) is 21.8 Å². The zero-order valence-corrected chi connectivity index (χ0v) is 9.46. The molecule has 1 amide bonds. The molecule has 17 heavy (non-hydrogen) atoms. The van der Waals surface area contributed by atoms with Gasteiger partial charge in [0.15, 0.2) is 5.82 Å². The van der Waals surface area contributed by atoms with Crippen LogP contribution >= 0.6 is 0 Å². The van der Waals surface area contributed by atoms with Crippen LogP contribution in [-0.2, 0) is 22.5 Å². The first-order valence-electron chi connectivity index (χ1n) is 4.73. The van der Waals surface area contributed by atoms with Crippen LogP contribution in [0.5, 0.6) is 5.75 Å². The van der Waals surface area contributed by atoms with E-state index < -0.39 is 28.6 Å². The Morgan fingerprint density at radius 2 is 2.29 bits per heavy atom. The zero-order valence-electron chi connectivity index (χ0n) is 8.64. The number of hydrogen-bond donors (Lipinski definition) is 3. The van der Waals surface area contributed by atoms with Crippen molar-refractivity contribution in [3.05, 3.63) is 23.5 Å². The van der Waals surface area contributed by atoms with Gasteiger partial charge in [-0.3, -0.25) is 13.8 Å². The Kier molecular flexibility index (Phi) is 2.99. The summed E-state index contributed by atoms with van der Waals surface area (Å²) < 4.78 is 28.2. The maximum absolute atomic E-state index is 13.7. The number of carbonyl (C=O) groups excluding carboxylic acids is 1. The molecule has 1 heterocycles. The summed E-state index contributed by atoms with van der Waals surface area (Å²) in [7, 11) is 0. The van der Waals surface area contributed by atoms with Gasteiger partial charge < -0.3 is 10.8 Å². The average Bonchev–Trinajstić information content (AvgIpc) is 2.57. The van der Waals surface area contributed by atoms with Gasteiger partial charge in [0.1, 0.15) is 18.0 Å². The molecule has 1 atom stereocenters. The summed E-state index contributed by atoms with van der Waals surface area (Å²) in [5.41, 5.74) is 5.47. The minimum absolute atomic E-state index is 0.0744. The second kappa shape index (κ2) is 4.30. The van der Waals surface area contributed by atoms with Crippen molar-refractivity contribution in [2.24, 2.45) is 5.73 Å². The first-order chi connectivity index (χ1) is 8.02. The summed E-state index contributed by atoms with van der Waals surface area (Å²) in [5.74, 6) is -1.66. The molecule has 4 N–H and O–H groups in total. The van der Waals surface area contributed by atoms with Crippen LogP contribution in [0.1, 0.15) is 5.56 Å². The van der Waals surface area contributed by atoms with Crippen LogP contribution in [0.15, 0.2) is 12.1 Å². The molecule has 6 nitrogen and oxygen atoms in total. The summed E-state index contributed by atoms with van der Waals surface area (Å²) in [6.07, 6.45) is 0. The quantitative estimate of drug-likeness (QED) is 0.667. The van der Waals surface area contributed by atoms with E-state index in [1.807, 2.05) is 0 Å². The Labute approximate surface area is 98.9 Å². The van der Waals surface area contributed by atoms with E-state index in [1.54, 1.807) is 0 Å². The van der Waals surface area contributed by atoms with Gasteiger partial charge in [-0.25, -0.2) is 8.60 Å². The van der Waals surface area contributed by atoms with E-state index >= 15 is 0 Å². The average molecular weight is 259 g/mol. The topological polar surface area (TPSA) is 95.7 Å². The maximum Gasteiger partial charge on any atom is 0.253 e. The number of phenolic OH excluding ortho intramolecular Hbond substituents is 1. The lowest BCUT2D eigenvalue weighted by Gasteiger charge is -2.16. The van der Waals surface area contributed by atoms with Crippen LogP contribution in [0.3, 0.4) is 0 Å². The summed E-state index contributed by atoms with van der Waals surface area (Å²) in [6, 6.07) is 2.41. The number of halogens is 1. The minimum Gasteiger partial charge on any atom is -0.506 e. The standard InChI is InChI=1S/C9H10FN3O3S/c10-6-1-5(3-11)2-7(14)9(6)13-4-8(15)12-17(13)16/h1-2,14H,3-4,11H2,(H,12,15). The van der Waals surface area contributed by atoms with Gasteiger partial charge >= 0.3 is 0 Å². The number of benzene rings is 1. The van der Waals surface area contributed by atoms with Crippen molar-refractivity contribution >= 4 is 22.8 Å². The van der Waals surface area contributed by atoms with Gasteiger partial charge in [0, 0.05) is 6.54 Å². The third-order valence-corrected chi connectivity index (χ3v) is 3.39. The van der Waals surface area contributed by atoms with E-state index in [-0.39, 0.29) is 18.8 Å². The summed E-state index contributed by atoms with van der Waals surface area (Å²) in [4.78, 5) is 11.0. The molecule has 1 fully saturated rings. The molecule has 1 saturated heterocycles. The van der Waals surface area contributed by atoms with E-state index in [0.717, 1.165) is 10.4 Å². The second-order valence-electron chi connectivity index (χ2n) is 3.46. The second-order valence-corrected chi connectivity index (χ2v) is 4.60. The van der Waals surface area contributed by atoms with Gasteiger partial charge in [0.25, 0.3) is 5.91 Å². The highest BCUT2D eigenvalue weighted by Crippen LogP contribution is 2.33. The fourth-order valence-corrected chi connectivity index (χ4v) is 2.49. The lowest BCUT2D eigenvalue weighted by atomic mass is 10.1. The van der Waals surface area contributed by atoms with Gasteiger partial charge in [-0.05, 0) is 17.7 Å². The molecule has 0 spiro atoms. The molecule has 1 aromatic carbocycles. The minimum atomic E-state index is -1.87. The van der Waals surface area contributed by atoms with Crippen LogP contribution in [0, 0.1) is 5.82 Å². The number of aromatic hydroxyl groups is 1. The van der Waals surface area contributed by atoms with Crippen LogP contribution < -0.4 is 14.8 Å². The zero-order chi connectivity index (χ0) is 12.6. The monoisotopic (exact) mass is 259 g/mol. The smallest absolute Gasteiger partial charge is 0.253 e. The first-order valence-corrected chi connectivity index (χ1v) is 5.84. The van der Waals surface area contributed by atoms with Crippen molar-refractivity contribution in [3.63, 3.8) is 0 Å². The Balaban J connectivity index is 2.45. The highest BCUT2D eigenvalue weighted by molar-refractivity contribution is 7.85. The molecule has 1 aromatic rings. The molecular weight excluding hydrogens is 249 g/mol. The number of nitrogens with zero attached hydrogens (tertiary/aromatic N) is 1. The summed E-state index contributed by atoms with van der Waals surface area (Å²) >= 11 is -1.87. The van der Waals surface area contributed by atoms with Crippen molar-refractivity contribution in [2.75, 3.05) is 10.8 Å². The van der Waals surface area contributed by atoms with Gasteiger partial charge in [-0.15, -0.1) is 0 Å². The fraction of sp³-hybridized carbons (Fsp3) is 0.222. The number of rotatable bonds is 2. The first kappa shape index (κ1) is 11.8. The molecule has 2 rings (SSSR count). The predicted octanol–water partition coefficient (Wildman–Crippen LogP) is -0.495. The molecule has 0 aliphatic carbocycles. The lowest BCUT2D eigenvalue weighted by Crippen LogP contribution is -2.23. The van der Waals surface area contributed by atoms with E-state index in [4.69, 9.17) is 5.73 Å². The normalized spacial score (nSPS) is 19.5. The molecule has 0 saturated carbocycles. The van der Waals surface area contributed by atoms with E-state index in [9.17, 15) is 18.5 Å². The Hall–Kier alpha value is -1.67. The molecule has 92 valence electrons. The molecular formula is C9H10FN3O3S. The number of carbonyl (C=O) groups is 1. The van der Waals surface area contributed by atoms with E-state index in [0.29, 0.717) is 5.56 Å². The fourth-order valence-electron chi connectivity index (χ4n) is 1.54. The third kappa shape index (κ3) is 2.08. The molecule has 1 aliphatic heterocycles. The maximum atomic E-state index is 13.7. The number of hydrogen-bond acceptors (Lipinski definition) is 4. The van der Waals surface area contributed by atoms with Crippen LogP contribution in [0.25, 0.3) is 0 Å². The Morgan fingerprint density at radius 3 is 2.76 bits per heavy atom. The molecule has 0 aromatic heterocycles. The van der Waals surface area contributed by atoms with Crippen LogP contribution in [0.4, 0.5) is 10.1 Å². The number of amides is 1. The van der Waals surface area contributed by atoms with Crippen molar-refractivity contribution < 1.29 is 18.5 Å². The summed E-state index contributed by atoms with van der Waals surface area (Å²) in [5, 5.41) is 9.66. The van der Waals surface area contributed by atoms with Gasteiger partial charge in [0.05, 0.1) is 0 Å². The van der Waals surface area contributed by atoms with E-state index in [1.165, 1.54) is 6.07 Å². The largest absolute Gasteiger partial charge is 0.506 e. The molecule has 0 radical (unpaired) electrons. The Bertz CT molecular complexity index is 485. The lowest BCUT2D eigenvalue weighted by molar-refractivity contribution is -0.117. The van der Waals surface area contributed by atoms with Gasteiger partial charge in [0.2, 0.25) is 11.2 Å². The van der Waals surface area contributed by atoms with Crippen molar-refractivity contribution in [1.29, 1.82) is 0 Å². The van der Waals surface area contributed by atoms with Crippen LogP contribution in [0.2, 0.25) is 0 Å². The SMILES string of the molecule is NCc1cc(O)c(N2CC(=O)NS2=O)c(F)c1. The molecule has 8 heteroatoms. The number of nitrogens with one attached hydrogen (secondary N) is 1. The molecule has 1 aliphatic rings. The van der Waals surface area contributed by atoms with Crippen molar-refractivity contribution in [3.8, 4) is 5.75 Å². The highest BCUT2D eigenvalue weighted by Gasteiger charge is 2.31.